The van der Waals surface area contributed by atoms with Gasteiger partial charge in [0.05, 0.1) is 11.6 Å². The van der Waals surface area contributed by atoms with Gasteiger partial charge in [-0.2, -0.15) is 0 Å². The zero-order valence-corrected chi connectivity index (χ0v) is 12.8. The van der Waals surface area contributed by atoms with Crippen molar-refractivity contribution < 1.29 is 13.9 Å². The number of carbonyl (C=O) groups is 1. The Labute approximate surface area is 133 Å². The number of rotatable bonds is 5. The van der Waals surface area contributed by atoms with Crippen molar-refractivity contribution in [2.75, 3.05) is 18.5 Å². The van der Waals surface area contributed by atoms with Crippen LogP contribution in [0.15, 0.2) is 42.5 Å². The maximum Gasteiger partial charge on any atom is 0.319 e. The van der Waals surface area contributed by atoms with Crippen molar-refractivity contribution in [1.29, 1.82) is 0 Å². The fourth-order valence-electron chi connectivity index (χ4n) is 1.76. The van der Waals surface area contributed by atoms with Gasteiger partial charge in [0.25, 0.3) is 0 Å². The summed E-state index contributed by atoms with van der Waals surface area (Å²) in [6.45, 7) is 2.55. The first-order chi connectivity index (χ1) is 10.5. The van der Waals surface area contributed by atoms with Gasteiger partial charge in [0.15, 0.2) is 0 Å². The van der Waals surface area contributed by atoms with Crippen molar-refractivity contribution in [3.63, 3.8) is 0 Å². The quantitative estimate of drug-likeness (QED) is 0.818. The van der Waals surface area contributed by atoms with E-state index >= 15 is 0 Å². The molecule has 6 heteroatoms. The number of anilines is 1. The van der Waals surface area contributed by atoms with Gasteiger partial charge in [0, 0.05) is 5.69 Å². The lowest BCUT2D eigenvalue weighted by atomic mass is 10.2. The number of hydrogen-bond acceptors (Lipinski definition) is 2. The van der Waals surface area contributed by atoms with Gasteiger partial charge < -0.3 is 15.4 Å². The monoisotopic (exact) mass is 322 g/mol. The van der Waals surface area contributed by atoms with Crippen LogP contribution in [-0.4, -0.2) is 19.2 Å². The Hall–Kier alpha value is -2.27. The Bertz CT molecular complexity index is 647. The zero-order chi connectivity index (χ0) is 15.9. The number of halogens is 2. The molecule has 0 unspecified atom stereocenters. The van der Waals surface area contributed by atoms with Crippen LogP contribution in [0.4, 0.5) is 14.9 Å². The molecule has 0 spiro atoms. The van der Waals surface area contributed by atoms with Crippen molar-refractivity contribution in [2.24, 2.45) is 0 Å². The predicted octanol–water partition coefficient (Wildman–Crippen LogP) is 3.99. The summed E-state index contributed by atoms with van der Waals surface area (Å²) >= 11 is 6.00. The molecule has 0 saturated carbocycles. The molecular weight excluding hydrogens is 307 g/mol. The number of carbonyl (C=O) groups excluding carboxylic acids is 1. The molecule has 4 nitrogen and oxygen atoms in total. The number of urea groups is 1. The van der Waals surface area contributed by atoms with Crippen molar-refractivity contribution in [2.45, 2.75) is 6.92 Å². The van der Waals surface area contributed by atoms with Crippen LogP contribution in [0.25, 0.3) is 0 Å². The first-order valence-electron chi connectivity index (χ1n) is 6.74. The van der Waals surface area contributed by atoms with Crippen molar-refractivity contribution in [3.8, 4) is 5.75 Å². The number of nitrogens with one attached hydrogen (secondary N) is 2. The third-order valence-corrected chi connectivity index (χ3v) is 3.15. The maximum atomic E-state index is 12.7. The third kappa shape index (κ3) is 4.93. The molecule has 2 rings (SSSR count). The standard InChI is InChI=1S/C16H16ClFN2O2/c1-11-2-7-14(17)15(10-11)22-9-8-19-16(21)20-13-5-3-12(18)4-6-13/h2-7,10H,8-9H2,1H3,(H2,19,20,21). The Kier molecular flexibility index (Phi) is 5.61. The molecule has 0 bridgehead atoms. The van der Waals surface area contributed by atoms with Gasteiger partial charge in [0.1, 0.15) is 18.2 Å². The molecule has 0 heterocycles. The molecule has 0 aliphatic heterocycles. The number of aryl methyl sites for hydroxylation is 1. The van der Waals surface area contributed by atoms with Crippen molar-refractivity contribution in [3.05, 3.63) is 58.9 Å². The average Bonchev–Trinajstić information content (AvgIpc) is 2.49. The van der Waals surface area contributed by atoms with Gasteiger partial charge in [-0.15, -0.1) is 0 Å². The summed E-state index contributed by atoms with van der Waals surface area (Å²) in [5, 5.41) is 5.76. The summed E-state index contributed by atoms with van der Waals surface area (Å²) in [5.74, 6) is 0.233. The van der Waals surface area contributed by atoms with Gasteiger partial charge in [0.2, 0.25) is 0 Å². The summed E-state index contributed by atoms with van der Waals surface area (Å²) in [5.41, 5.74) is 1.56. The van der Waals surface area contributed by atoms with E-state index in [0.717, 1.165) is 5.56 Å². The minimum Gasteiger partial charge on any atom is -0.490 e. The van der Waals surface area contributed by atoms with Gasteiger partial charge in [-0.3, -0.25) is 0 Å². The van der Waals surface area contributed by atoms with Gasteiger partial charge >= 0.3 is 6.03 Å². The summed E-state index contributed by atoms with van der Waals surface area (Å²) in [4.78, 5) is 11.6. The summed E-state index contributed by atoms with van der Waals surface area (Å²) < 4.78 is 18.2. The molecule has 0 aliphatic carbocycles. The molecule has 0 atom stereocenters. The van der Waals surface area contributed by atoms with E-state index < -0.39 is 0 Å². The maximum absolute atomic E-state index is 12.7. The lowest BCUT2D eigenvalue weighted by molar-refractivity contribution is 0.247. The minimum atomic E-state index is -0.384. The third-order valence-electron chi connectivity index (χ3n) is 2.83. The van der Waals surface area contributed by atoms with Crippen LogP contribution in [0.3, 0.4) is 0 Å². The average molecular weight is 323 g/mol. The van der Waals surface area contributed by atoms with E-state index in [2.05, 4.69) is 10.6 Å². The van der Waals surface area contributed by atoms with E-state index in [1.807, 2.05) is 19.1 Å². The van der Waals surface area contributed by atoms with E-state index in [-0.39, 0.29) is 11.8 Å². The molecule has 22 heavy (non-hydrogen) atoms. The first kappa shape index (κ1) is 16.1. The van der Waals surface area contributed by atoms with E-state index in [9.17, 15) is 9.18 Å². The lowest BCUT2D eigenvalue weighted by Gasteiger charge is -2.10. The van der Waals surface area contributed by atoms with Crippen LogP contribution in [-0.2, 0) is 0 Å². The summed E-state index contributed by atoms with van der Waals surface area (Å²) in [7, 11) is 0. The Morgan fingerprint density at radius 3 is 2.68 bits per heavy atom. The second-order valence-corrected chi connectivity index (χ2v) is 5.08. The second-order valence-electron chi connectivity index (χ2n) is 4.67. The fraction of sp³-hybridized carbons (Fsp3) is 0.188. The molecule has 0 radical (unpaired) electrons. The highest BCUT2D eigenvalue weighted by Gasteiger charge is 2.03. The van der Waals surface area contributed by atoms with Crippen LogP contribution in [0.1, 0.15) is 5.56 Å². The lowest BCUT2D eigenvalue weighted by Crippen LogP contribution is -2.32. The highest BCUT2D eigenvalue weighted by atomic mass is 35.5. The Morgan fingerprint density at radius 1 is 1.23 bits per heavy atom. The largest absolute Gasteiger partial charge is 0.490 e. The zero-order valence-electron chi connectivity index (χ0n) is 12.0. The molecule has 2 N–H and O–H groups in total. The summed E-state index contributed by atoms with van der Waals surface area (Å²) in [6, 6.07) is 10.6. The predicted molar refractivity (Wildman–Crippen MR) is 85.1 cm³/mol. The molecule has 116 valence electrons. The fourth-order valence-corrected chi connectivity index (χ4v) is 1.93. The molecule has 0 saturated heterocycles. The highest BCUT2D eigenvalue weighted by molar-refractivity contribution is 6.32. The molecular formula is C16H16ClFN2O2. The van der Waals surface area contributed by atoms with Gasteiger partial charge in [-0.05, 0) is 48.9 Å². The van der Waals surface area contributed by atoms with Crippen LogP contribution in [0.5, 0.6) is 5.75 Å². The minimum absolute atomic E-state index is 0.292. The molecule has 2 aromatic carbocycles. The van der Waals surface area contributed by atoms with E-state index in [0.29, 0.717) is 29.6 Å². The second kappa shape index (κ2) is 7.66. The molecule has 0 fully saturated rings. The van der Waals surface area contributed by atoms with E-state index in [1.54, 1.807) is 6.07 Å². The SMILES string of the molecule is Cc1ccc(Cl)c(OCCNC(=O)Nc2ccc(F)cc2)c1. The van der Waals surface area contributed by atoms with E-state index in [1.165, 1.54) is 24.3 Å². The Morgan fingerprint density at radius 2 is 1.95 bits per heavy atom. The molecule has 2 aromatic rings. The normalized spacial score (nSPS) is 10.1. The number of amides is 2. The number of ether oxygens (including phenoxy) is 1. The number of benzene rings is 2. The van der Waals surface area contributed by atoms with Crippen LogP contribution >= 0.6 is 11.6 Å². The topological polar surface area (TPSA) is 50.4 Å². The molecule has 2 amide bonds. The van der Waals surface area contributed by atoms with Crippen molar-refractivity contribution >= 4 is 23.3 Å². The van der Waals surface area contributed by atoms with Gasteiger partial charge in [-0.25, -0.2) is 9.18 Å². The number of hydrogen-bond donors (Lipinski definition) is 2. The van der Waals surface area contributed by atoms with Crippen LogP contribution in [0, 0.1) is 12.7 Å². The summed E-state index contributed by atoms with van der Waals surface area (Å²) in [6.07, 6.45) is 0. The van der Waals surface area contributed by atoms with Crippen molar-refractivity contribution in [1.82, 2.24) is 5.32 Å². The molecule has 0 aliphatic rings. The first-order valence-corrected chi connectivity index (χ1v) is 7.12. The molecule has 0 aromatic heterocycles. The van der Waals surface area contributed by atoms with Crippen LogP contribution < -0.4 is 15.4 Å². The van der Waals surface area contributed by atoms with Gasteiger partial charge in [-0.1, -0.05) is 17.7 Å². The highest BCUT2D eigenvalue weighted by Crippen LogP contribution is 2.24. The Balaban J connectivity index is 1.73. The smallest absolute Gasteiger partial charge is 0.319 e. The van der Waals surface area contributed by atoms with E-state index in [4.69, 9.17) is 16.3 Å². The van der Waals surface area contributed by atoms with Crippen LogP contribution in [0.2, 0.25) is 5.02 Å².